The zero-order valence-electron chi connectivity index (χ0n) is 21.9. The maximum absolute atomic E-state index is 13.2. The van der Waals surface area contributed by atoms with Crippen LogP contribution in [-0.4, -0.2) is 108 Å². The summed E-state index contributed by atoms with van der Waals surface area (Å²) >= 11 is 0. The molecule has 2 fully saturated rings. The first-order chi connectivity index (χ1) is 19.5. The number of benzene rings is 2. The van der Waals surface area contributed by atoms with E-state index >= 15 is 0 Å². The molecule has 2 saturated heterocycles. The van der Waals surface area contributed by atoms with Gasteiger partial charge in [-0.3, -0.25) is 4.79 Å². The molecule has 0 N–H and O–H groups in total. The molecule has 0 aliphatic carbocycles. The number of aromatic nitrogens is 5. The number of fused-ring (bicyclic) bond motifs is 1. The van der Waals surface area contributed by atoms with Gasteiger partial charge < -0.3 is 19.3 Å². The van der Waals surface area contributed by atoms with Crippen molar-refractivity contribution < 1.29 is 22.7 Å². The first-order valence-corrected chi connectivity index (χ1v) is 14.3. The zero-order valence-corrected chi connectivity index (χ0v) is 22.7. The van der Waals surface area contributed by atoms with E-state index in [1.54, 1.807) is 28.8 Å². The van der Waals surface area contributed by atoms with Crippen molar-refractivity contribution in [1.82, 2.24) is 34.2 Å². The van der Waals surface area contributed by atoms with Crippen molar-refractivity contribution >= 4 is 32.9 Å². The minimum Gasteiger partial charge on any atom is -0.497 e. The van der Waals surface area contributed by atoms with Crippen molar-refractivity contribution in [2.75, 3.05) is 64.5 Å². The number of ether oxygens (including phenoxy) is 2. The Morgan fingerprint density at radius 3 is 2.27 bits per heavy atom. The second-order valence-corrected chi connectivity index (χ2v) is 11.3. The van der Waals surface area contributed by atoms with Crippen molar-refractivity contribution in [2.45, 2.75) is 4.90 Å². The molecule has 2 aromatic heterocycles. The molecule has 0 atom stereocenters. The highest BCUT2D eigenvalue weighted by molar-refractivity contribution is 7.89. The molecule has 0 unspecified atom stereocenters. The lowest BCUT2D eigenvalue weighted by Gasteiger charge is -2.35. The molecular weight excluding hydrogens is 536 g/mol. The number of carbonyl (C=O) groups excluding carboxylic acids is 1. The van der Waals surface area contributed by atoms with Crippen LogP contribution in [0.4, 0.5) is 5.82 Å². The van der Waals surface area contributed by atoms with E-state index in [9.17, 15) is 13.2 Å². The summed E-state index contributed by atoms with van der Waals surface area (Å²) in [4.78, 5) is 26.1. The number of rotatable bonds is 6. The number of methoxy groups -OCH3 is 1. The predicted molar refractivity (Wildman–Crippen MR) is 145 cm³/mol. The topological polar surface area (TPSA) is 136 Å². The summed E-state index contributed by atoms with van der Waals surface area (Å²) in [7, 11) is -2.00. The average molecular weight is 565 g/mol. The molecule has 0 spiro atoms. The quantitative estimate of drug-likeness (QED) is 0.336. The largest absolute Gasteiger partial charge is 0.497 e. The highest BCUT2D eigenvalue weighted by Crippen LogP contribution is 2.25. The van der Waals surface area contributed by atoms with Crippen LogP contribution in [0.2, 0.25) is 0 Å². The molecular formula is C26H28N8O5S. The maximum Gasteiger partial charge on any atom is 0.253 e. The van der Waals surface area contributed by atoms with Gasteiger partial charge in [-0.05, 0) is 48.5 Å². The fourth-order valence-corrected chi connectivity index (χ4v) is 6.28. The van der Waals surface area contributed by atoms with Gasteiger partial charge in [0.2, 0.25) is 10.0 Å². The van der Waals surface area contributed by atoms with Gasteiger partial charge in [-0.1, -0.05) is 5.21 Å². The lowest BCUT2D eigenvalue weighted by Crippen LogP contribution is -2.49. The van der Waals surface area contributed by atoms with E-state index < -0.39 is 10.0 Å². The lowest BCUT2D eigenvalue weighted by molar-refractivity contribution is 0.0730. The Morgan fingerprint density at radius 2 is 1.60 bits per heavy atom. The van der Waals surface area contributed by atoms with Crippen LogP contribution >= 0.6 is 0 Å². The number of morpholine rings is 1. The predicted octanol–water partition coefficient (Wildman–Crippen LogP) is 1.20. The molecule has 208 valence electrons. The van der Waals surface area contributed by atoms with Gasteiger partial charge in [0.15, 0.2) is 17.0 Å². The molecule has 14 heteroatoms. The summed E-state index contributed by atoms with van der Waals surface area (Å²) in [5.41, 5.74) is 2.41. The second-order valence-electron chi connectivity index (χ2n) is 9.39. The molecule has 40 heavy (non-hydrogen) atoms. The number of carbonyl (C=O) groups is 1. The molecule has 2 aliphatic rings. The van der Waals surface area contributed by atoms with Crippen LogP contribution in [0.3, 0.4) is 0 Å². The highest BCUT2D eigenvalue weighted by Gasteiger charge is 2.28. The van der Waals surface area contributed by atoms with Crippen molar-refractivity contribution in [2.24, 2.45) is 0 Å². The van der Waals surface area contributed by atoms with E-state index in [2.05, 4.69) is 25.2 Å². The highest BCUT2D eigenvalue weighted by atomic mass is 32.2. The molecule has 0 radical (unpaired) electrons. The molecule has 2 aromatic carbocycles. The first-order valence-electron chi connectivity index (χ1n) is 12.9. The van der Waals surface area contributed by atoms with Crippen LogP contribution < -0.4 is 9.64 Å². The van der Waals surface area contributed by atoms with Gasteiger partial charge in [-0.2, -0.15) is 8.99 Å². The normalized spacial score (nSPS) is 16.8. The smallest absolute Gasteiger partial charge is 0.253 e. The van der Waals surface area contributed by atoms with E-state index in [0.717, 1.165) is 11.4 Å². The Balaban J connectivity index is 1.13. The van der Waals surface area contributed by atoms with Gasteiger partial charge in [0.25, 0.3) is 5.91 Å². The molecule has 0 saturated carbocycles. The van der Waals surface area contributed by atoms with E-state index in [1.165, 1.54) is 22.8 Å². The number of sulfonamides is 1. The molecule has 4 heterocycles. The zero-order chi connectivity index (χ0) is 27.7. The van der Waals surface area contributed by atoms with Gasteiger partial charge >= 0.3 is 0 Å². The van der Waals surface area contributed by atoms with E-state index in [4.69, 9.17) is 9.47 Å². The maximum atomic E-state index is 13.2. The Morgan fingerprint density at radius 1 is 0.900 bits per heavy atom. The summed E-state index contributed by atoms with van der Waals surface area (Å²) in [5, 5.41) is 8.64. The minimum atomic E-state index is -3.61. The third-order valence-corrected chi connectivity index (χ3v) is 9.02. The van der Waals surface area contributed by atoms with Gasteiger partial charge in [0.1, 0.15) is 12.1 Å². The number of piperazine rings is 1. The van der Waals surface area contributed by atoms with Gasteiger partial charge in [-0.15, -0.1) is 5.10 Å². The summed E-state index contributed by atoms with van der Waals surface area (Å²) in [6.07, 6.45) is 1.49. The van der Waals surface area contributed by atoms with Crippen LogP contribution in [-0.2, 0) is 14.8 Å². The van der Waals surface area contributed by atoms with Crippen molar-refractivity contribution in [3.05, 3.63) is 60.4 Å². The number of hydrogen-bond acceptors (Lipinski definition) is 10. The fourth-order valence-electron chi connectivity index (χ4n) is 4.87. The van der Waals surface area contributed by atoms with Crippen LogP contribution in [0.5, 0.6) is 5.75 Å². The minimum absolute atomic E-state index is 0.145. The SMILES string of the molecule is COc1ccc(-n2nnc3c(N4CCN(C(=O)c5ccc(S(=O)(=O)N6CCOCC6)cc5)CC4)ncnc32)cc1. The molecule has 2 aliphatic heterocycles. The second kappa shape index (κ2) is 10.8. The van der Waals surface area contributed by atoms with Crippen molar-refractivity contribution in [3.8, 4) is 11.4 Å². The van der Waals surface area contributed by atoms with Crippen LogP contribution in [0.15, 0.2) is 59.8 Å². The molecule has 13 nitrogen and oxygen atoms in total. The van der Waals surface area contributed by atoms with Gasteiger partial charge in [0, 0.05) is 44.8 Å². The monoisotopic (exact) mass is 564 g/mol. The molecule has 4 aromatic rings. The summed E-state index contributed by atoms with van der Waals surface area (Å²) in [6.45, 7) is 3.46. The Kier molecular flexibility index (Phi) is 7.04. The lowest BCUT2D eigenvalue weighted by atomic mass is 10.2. The number of anilines is 1. The van der Waals surface area contributed by atoms with Crippen molar-refractivity contribution in [3.63, 3.8) is 0 Å². The Labute approximate surface area is 231 Å². The third kappa shape index (κ3) is 4.85. The van der Waals surface area contributed by atoms with E-state index in [-0.39, 0.29) is 10.8 Å². The average Bonchev–Trinajstić information content (AvgIpc) is 3.46. The Hall–Kier alpha value is -4.14. The molecule has 6 rings (SSSR count). The summed E-state index contributed by atoms with van der Waals surface area (Å²) in [5.74, 6) is 1.26. The standard InChI is InChI=1S/C26H28N8O5S/c1-38-21-6-4-20(5-7-21)34-25-23(29-30-34)24(27-18-28-25)31-10-12-32(13-11-31)26(35)19-2-8-22(9-3-19)40(36,37)33-14-16-39-17-15-33/h2-9,18H,10-17H2,1H3. The fraction of sp³-hybridized carbons (Fsp3) is 0.346. The summed E-state index contributed by atoms with van der Waals surface area (Å²) in [6, 6.07) is 13.6. The van der Waals surface area contributed by atoms with Crippen molar-refractivity contribution in [1.29, 1.82) is 0 Å². The molecule has 0 bridgehead atoms. The van der Waals surface area contributed by atoms with Crippen LogP contribution in [0.1, 0.15) is 10.4 Å². The van der Waals surface area contributed by atoms with Crippen LogP contribution in [0.25, 0.3) is 16.9 Å². The van der Waals surface area contributed by atoms with E-state index in [1.807, 2.05) is 24.3 Å². The van der Waals surface area contributed by atoms with Gasteiger partial charge in [-0.25, -0.2) is 18.4 Å². The van der Waals surface area contributed by atoms with Gasteiger partial charge in [0.05, 0.1) is 30.9 Å². The molecule has 1 amide bonds. The van der Waals surface area contributed by atoms with Crippen LogP contribution in [0, 0.1) is 0 Å². The summed E-state index contributed by atoms with van der Waals surface area (Å²) < 4.78 is 39.3. The number of nitrogens with zero attached hydrogens (tertiary/aromatic N) is 8. The third-order valence-electron chi connectivity index (χ3n) is 7.11. The number of hydrogen-bond donors (Lipinski definition) is 0. The number of amides is 1. The first kappa shape index (κ1) is 26.1. The van der Waals surface area contributed by atoms with E-state index in [0.29, 0.717) is 75.0 Å². The Bertz CT molecular complexity index is 1610.